The fourth-order valence-electron chi connectivity index (χ4n) is 4.77. The first kappa shape index (κ1) is 29.4. The number of hydrogen-bond donors (Lipinski definition) is 3. The van der Waals surface area contributed by atoms with Gasteiger partial charge in [0.05, 0.1) is 24.4 Å². The van der Waals surface area contributed by atoms with E-state index in [0.717, 1.165) is 12.5 Å². The normalized spacial score (nSPS) is 16.0. The van der Waals surface area contributed by atoms with E-state index >= 15 is 0 Å². The van der Waals surface area contributed by atoms with Crippen LogP contribution in [0.1, 0.15) is 48.9 Å². The van der Waals surface area contributed by atoms with E-state index in [9.17, 15) is 27.6 Å². The van der Waals surface area contributed by atoms with Crippen LogP contribution in [0.3, 0.4) is 0 Å². The number of hydrogen-bond acceptors (Lipinski definition) is 6. The van der Waals surface area contributed by atoms with Crippen molar-refractivity contribution in [1.29, 1.82) is 0 Å². The summed E-state index contributed by atoms with van der Waals surface area (Å²) in [5.74, 6) is -1.84. The Bertz CT molecular complexity index is 1420. The summed E-state index contributed by atoms with van der Waals surface area (Å²) in [5.41, 5.74) is 1.34. The number of aromatic amines is 1. The van der Waals surface area contributed by atoms with Crippen LogP contribution >= 0.6 is 0 Å². The van der Waals surface area contributed by atoms with Gasteiger partial charge in [0.1, 0.15) is 17.6 Å². The van der Waals surface area contributed by atoms with Crippen molar-refractivity contribution >= 4 is 18.0 Å². The highest BCUT2D eigenvalue weighted by Gasteiger charge is 2.37. The maximum Gasteiger partial charge on any atom is 0.573 e. The SMILES string of the molecule is COC(=O)N[C@H](C(=O)N1CCC[C@H]1c1nc(-c2ccc(-c3ccc(C(=O)O)cc3OC(F)(F)F)cc2)c[nH]1)C(C)C. The number of carbonyl (C=O) groups is 3. The molecule has 218 valence electrons. The van der Waals surface area contributed by atoms with Crippen molar-refractivity contribution in [3.8, 4) is 28.1 Å². The summed E-state index contributed by atoms with van der Waals surface area (Å²) < 4.78 is 47.7. The number of carboxylic acids is 1. The number of alkyl carbamates (subject to hydrolysis) is 1. The summed E-state index contributed by atoms with van der Waals surface area (Å²) >= 11 is 0. The molecular weight excluding hydrogens is 545 g/mol. The molecule has 41 heavy (non-hydrogen) atoms. The molecule has 2 amide bonds. The molecule has 0 aliphatic carbocycles. The lowest BCUT2D eigenvalue weighted by atomic mass is 10.0. The third-order valence-corrected chi connectivity index (χ3v) is 6.79. The number of amides is 2. The van der Waals surface area contributed by atoms with Gasteiger partial charge < -0.3 is 29.8 Å². The molecule has 13 heteroatoms. The lowest BCUT2D eigenvalue weighted by Crippen LogP contribution is -2.51. The number of H-pyrrole nitrogens is 1. The van der Waals surface area contributed by atoms with Crippen molar-refractivity contribution < 1.29 is 42.1 Å². The average molecular weight is 575 g/mol. The molecule has 0 spiro atoms. The summed E-state index contributed by atoms with van der Waals surface area (Å²) in [6.07, 6.45) is -2.58. The molecule has 3 N–H and O–H groups in total. The van der Waals surface area contributed by atoms with Crippen LogP contribution in [0.5, 0.6) is 5.75 Å². The van der Waals surface area contributed by atoms with E-state index in [-0.39, 0.29) is 29.0 Å². The first-order chi connectivity index (χ1) is 19.4. The highest BCUT2D eigenvalue weighted by atomic mass is 19.4. The number of ether oxygens (including phenoxy) is 2. The monoisotopic (exact) mass is 574 g/mol. The van der Waals surface area contributed by atoms with E-state index in [1.54, 1.807) is 35.4 Å². The Morgan fingerprint density at radius 1 is 1.12 bits per heavy atom. The summed E-state index contributed by atoms with van der Waals surface area (Å²) in [7, 11) is 1.23. The Hall–Kier alpha value is -4.55. The number of nitrogens with one attached hydrogen (secondary N) is 2. The van der Waals surface area contributed by atoms with Crippen LogP contribution in [-0.2, 0) is 9.53 Å². The predicted molar refractivity (Wildman–Crippen MR) is 141 cm³/mol. The number of alkyl halides is 3. The Labute approximate surface area is 233 Å². The van der Waals surface area contributed by atoms with Crippen LogP contribution in [-0.4, -0.2) is 64.0 Å². The Kier molecular flexibility index (Phi) is 8.55. The number of carbonyl (C=O) groups excluding carboxylic acids is 2. The molecule has 2 atom stereocenters. The highest BCUT2D eigenvalue weighted by molar-refractivity contribution is 5.90. The van der Waals surface area contributed by atoms with Crippen LogP contribution in [0.15, 0.2) is 48.7 Å². The zero-order valence-corrected chi connectivity index (χ0v) is 22.5. The molecule has 4 rings (SSSR count). The number of benzene rings is 2. The molecule has 0 radical (unpaired) electrons. The molecule has 3 aromatic rings. The maximum absolute atomic E-state index is 13.3. The van der Waals surface area contributed by atoms with Gasteiger partial charge in [-0.3, -0.25) is 4.79 Å². The molecular formula is C28H29F3N4O6. The fourth-order valence-corrected chi connectivity index (χ4v) is 4.77. The topological polar surface area (TPSA) is 134 Å². The molecule has 0 saturated carbocycles. The van der Waals surface area contributed by atoms with Gasteiger partial charge in [-0.25, -0.2) is 14.6 Å². The average Bonchev–Trinajstić information content (AvgIpc) is 3.60. The van der Waals surface area contributed by atoms with Crippen LogP contribution in [0.4, 0.5) is 18.0 Å². The highest BCUT2D eigenvalue weighted by Crippen LogP contribution is 2.36. The molecule has 2 heterocycles. The van der Waals surface area contributed by atoms with Gasteiger partial charge in [0.25, 0.3) is 0 Å². The van der Waals surface area contributed by atoms with Crippen molar-refractivity contribution in [1.82, 2.24) is 20.2 Å². The zero-order chi connectivity index (χ0) is 29.9. The Balaban J connectivity index is 1.56. The van der Waals surface area contributed by atoms with Crippen molar-refractivity contribution in [2.45, 2.75) is 45.1 Å². The fraction of sp³-hybridized carbons (Fsp3) is 0.357. The minimum absolute atomic E-state index is 0.0713. The number of aromatic carboxylic acids is 1. The van der Waals surface area contributed by atoms with Crippen molar-refractivity contribution in [3.63, 3.8) is 0 Å². The van der Waals surface area contributed by atoms with E-state index in [0.29, 0.717) is 35.6 Å². The van der Waals surface area contributed by atoms with Crippen LogP contribution in [0, 0.1) is 5.92 Å². The molecule has 2 aromatic carbocycles. The van der Waals surface area contributed by atoms with Crippen molar-refractivity contribution in [2.75, 3.05) is 13.7 Å². The number of rotatable bonds is 8. The first-order valence-electron chi connectivity index (χ1n) is 12.8. The van der Waals surface area contributed by atoms with Crippen LogP contribution in [0.25, 0.3) is 22.4 Å². The number of methoxy groups -OCH3 is 1. The van der Waals surface area contributed by atoms with E-state index in [1.165, 1.54) is 19.2 Å². The second-order valence-electron chi connectivity index (χ2n) is 9.86. The molecule has 1 fully saturated rings. The second kappa shape index (κ2) is 11.9. The standard InChI is InChI=1S/C28H29F3N4O6/c1-15(2)23(34-27(39)40-3)25(36)35-12-4-5-21(35)24-32-14-20(33-24)17-8-6-16(7-9-17)19-11-10-18(26(37)38)13-22(19)41-28(29,30)31/h6-11,13-15,21,23H,4-5,12H2,1-3H3,(H,32,33)(H,34,39)(H,37,38)/t21-,23-/m0/s1. The minimum atomic E-state index is -5.00. The van der Waals surface area contributed by atoms with Crippen molar-refractivity contribution in [2.24, 2.45) is 5.92 Å². The number of carboxylic acid groups (broad SMARTS) is 1. The smallest absolute Gasteiger partial charge is 0.478 e. The summed E-state index contributed by atoms with van der Waals surface area (Å²) in [6.45, 7) is 4.16. The molecule has 1 aromatic heterocycles. The van der Waals surface area contributed by atoms with Gasteiger partial charge in [-0.1, -0.05) is 38.1 Å². The van der Waals surface area contributed by atoms with Gasteiger partial charge in [-0.15, -0.1) is 13.2 Å². The molecule has 1 aliphatic heterocycles. The largest absolute Gasteiger partial charge is 0.573 e. The van der Waals surface area contributed by atoms with Gasteiger partial charge in [0, 0.05) is 23.9 Å². The van der Waals surface area contributed by atoms with Crippen molar-refractivity contribution in [3.05, 3.63) is 60.0 Å². The lowest BCUT2D eigenvalue weighted by molar-refractivity contribution is -0.274. The third-order valence-electron chi connectivity index (χ3n) is 6.79. The van der Waals surface area contributed by atoms with Gasteiger partial charge in [0.15, 0.2) is 0 Å². The lowest BCUT2D eigenvalue weighted by Gasteiger charge is -2.29. The van der Waals surface area contributed by atoms with E-state index in [2.05, 4.69) is 24.8 Å². The quantitative estimate of drug-likeness (QED) is 0.329. The summed E-state index contributed by atoms with van der Waals surface area (Å²) in [4.78, 5) is 45.9. The molecule has 10 nitrogen and oxygen atoms in total. The molecule has 0 bridgehead atoms. The predicted octanol–water partition coefficient (Wildman–Crippen LogP) is 5.38. The number of aromatic nitrogens is 2. The number of nitrogens with zero attached hydrogens (tertiary/aromatic N) is 2. The Morgan fingerprint density at radius 3 is 2.41 bits per heavy atom. The maximum atomic E-state index is 13.3. The zero-order valence-electron chi connectivity index (χ0n) is 22.5. The molecule has 0 unspecified atom stereocenters. The number of halogens is 3. The number of likely N-dealkylation sites (tertiary alicyclic amines) is 1. The third kappa shape index (κ3) is 6.79. The minimum Gasteiger partial charge on any atom is -0.478 e. The second-order valence-corrected chi connectivity index (χ2v) is 9.86. The van der Waals surface area contributed by atoms with Crippen LogP contribution < -0.4 is 10.1 Å². The summed E-state index contributed by atoms with van der Waals surface area (Å²) in [5, 5.41) is 11.8. The van der Waals surface area contributed by atoms with Gasteiger partial charge in [0.2, 0.25) is 5.91 Å². The Morgan fingerprint density at radius 2 is 1.80 bits per heavy atom. The van der Waals surface area contributed by atoms with E-state index in [4.69, 9.17) is 5.11 Å². The van der Waals surface area contributed by atoms with E-state index < -0.39 is 30.2 Å². The van der Waals surface area contributed by atoms with E-state index in [1.807, 2.05) is 13.8 Å². The number of imidazole rings is 1. The van der Waals surface area contributed by atoms with Gasteiger partial charge >= 0.3 is 18.4 Å². The van der Waals surface area contributed by atoms with Gasteiger partial charge in [-0.05, 0) is 42.5 Å². The van der Waals surface area contributed by atoms with Crippen LogP contribution in [0.2, 0.25) is 0 Å². The summed E-state index contributed by atoms with van der Waals surface area (Å²) in [6, 6.07) is 8.71. The molecule has 1 saturated heterocycles. The molecule has 1 aliphatic rings. The first-order valence-corrected chi connectivity index (χ1v) is 12.8. The van der Waals surface area contributed by atoms with Gasteiger partial charge in [-0.2, -0.15) is 0 Å².